The molecule has 20 heavy (non-hydrogen) atoms. The van der Waals surface area contributed by atoms with E-state index in [1.165, 1.54) is 0 Å². The topological polar surface area (TPSA) is 42.9 Å². The molecular weight excluding hydrogens is 248 g/mol. The van der Waals surface area contributed by atoms with E-state index in [2.05, 4.69) is 9.97 Å². The molecule has 2 aromatic heterocycles. The smallest absolute Gasteiger partial charge is 0.168 e. The van der Waals surface area contributed by atoms with Crippen molar-refractivity contribution in [1.82, 2.24) is 9.97 Å². The number of ketones is 1. The Morgan fingerprint density at radius 2 is 1.95 bits per heavy atom. The average molecular weight is 262 g/mol. The zero-order valence-electron chi connectivity index (χ0n) is 11.2. The van der Waals surface area contributed by atoms with Crippen molar-refractivity contribution in [3.05, 3.63) is 71.7 Å². The highest BCUT2D eigenvalue weighted by Crippen LogP contribution is 2.13. The van der Waals surface area contributed by atoms with E-state index in [1.807, 2.05) is 49.4 Å². The Labute approximate surface area is 117 Å². The summed E-state index contributed by atoms with van der Waals surface area (Å²) in [5.74, 6) is 0.0679. The fourth-order valence-corrected chi connectivity index (χ4v) is 2.19. The second-order valence-electron chi connectivity index (χ2n) is 4.78. The van der Waals surface area contributed by atoms with Gasteiger partial charge in [0.25, 0.3) is 0 Å². The van der Waals surface area contributed by atoms with Gasteiger partial charge in [-0.25, -0.2) is 0 Å². The van der Waals surface area contributed by atoms with Crippen molar-refractivity contribution in [2.24, 2.45) is 0 Å². The first-order valence-electron chi connectivity index (χ1n) is 6.53. The number of pyridine rings is 2. The molecule has 2 heterocycles. The van der Waals surface area contributed by atoms with Crippen LogP contribution >= 0.6 is 0 Å². The lowest BCUT2D eigenvalue weighted by atomic mass is 10.1. The number of para-hydroxylation sites is 1. The molecule has 0 unspecified atom stereocenters. The first-order valence-corrected chi connectivity index (χ1v) is 6.53. The van der Waals surface area contributed by atoms with E-state index in [-0.39, 0.29) is 5.78 Å². The van der Waals surface area contributed by atoms with Gasteiger partial charge in [-0.1, -0.05) is 24.3 Å². The summed E-state index contributed by atoms with van der Waals surface area (Å²) in [6.45, 7) is 1.88. The number of aromatic nitrogens is 2. The lowest BCUT2D eigenvalue weighted by Crippen LogP contribution is -2.05. The molecule has 0 aliphatic carbocycles. The van der Waals surface area contributed by atoms with Crippen LogP contribution in [0.4, 0.5) is 0 Å². The highest BCUT2D eigenvalue weighted by Gasteiger charge is 2.09. The number of nitrogens with zero attached hydrogens (tertiary/aromatic N) is 2. The quantitative estimate of drug-likeness (QED) is 0.680. The Kier molecular flexibility index (Phi) is 3.25. The van der Waals surface area contributed by atoms with Crippen LogP contribution < -0.4 is 0 Å². The second kappa shape index (κ2) is 5.21. The summed E-state index contributed by atoms with van der Waals surface area (Å²) in [5.41, 5.74) is 3.25. The summed E-state index contributed by atoms with van der Waals surface area (Å²) in [6, 6.07) is 15.4. The normalized spacial score (nSPS) is 10.7. The molecule has 3 heteroatoms. The molecule has 0 saturated heterocycles. The lowest BCUT2D eigenvalue weighted by molar-refractivity contribution is 0.0992. The van der Waals surface area contributed by atoms with Gasteiger partial charge in [-0.3, -0.25) is 14.8 Å². The molecule has 0 N–H and O–H groups in total. The summed E-state index contributed by atoms with van der Waals surface area (Å²) in [4.78, 5) is 20.9. The van der Waals surface area contributed by atoms with E-state index in [9.17, 15) is 4.79 Å². The van der Waals surface area contributed by atoms with Crippen molar-refractivity contribution < 1.29 is 4.79 Å². The third-order valence-electron chi connectivity index (χ3n) is 3.22. The fraction of sp³-hybridized carbons (Fsp3) is 0.118. The van der Waals surface area contributed by atoms with Crippen molar-refractivity contribution in [3.8, 4) is 0 Å². The van der Waals surface area contributed by atoms with E-state index in [1.54, 1.807) is 12.3 Å². The molecule has 0 radical (unpaired) electrons. The molecule has 98 valence electrons. The van der Waals surface area contributed by atoms with Gasteiger partial charge in [0.15, 0.2) is 5.78 Å². The van der Waals surface area contributed by atoms with Crippen molar-refractivity contribution in [2.45, 2.75) is 13.3 Å². The third-order valence-corrected chi connectivity index (χ3v) is 3.22. The van der Waals surface area contributed by atoms with Crippen LogP contribution in [0.15, 0.2) is 54.7 Å². The zero-order chi connectivity index (χ0) is 13.9. The van der Waals surface area contributed by atoms with E-state index >= 15 is 0 Å². The molecule has 0 aliphatic rings. The van der Waals surface area contributed by atoms with E-state index in [0.717, 1.165) is 22.3 Å². The number of Topliss-reactive ketones (excluding diaryl/α,β-unsaturated/α-hetero) is 1. The van der Waals surface area contributed by atoms with Gasteiger partial charge in [0.2, 0.25) is 0 Å². The second-order valence-corrected chi connectivity index (χ2v) is 4.78. The fourth-order valence-electron chi connectivity index (χ4n) is 2.19. The predicted molar refractivity (Wildman–Crippen MR) is 78.8 cm³/mol. The molecule has 0 bridgehead atoms. The minimum Gasteiger partial charge on any atom is -0.294 e. The minimum atomic E-state index is 0.0679. The molecule has 0 spiro atoms. The van der Waals surface area contributed by atoms with Crippen LogP contribution in [0.5, 0.6) is 0 Å². The maximum absolute atomic E-state index is 12.2. The van der Waals surface area contributed by atoms with Crippen LogP contribution in [0.25, 0.3) is 10.9 Å². The molecule has 0 aliphatic heterocycles. The number of carbonyl (C=O) groups excluding carboxylic acids is 1. The summed E-state index contributed by atoms with van der Waals surface area (Å²) >= 11 is 0. The molecule has 0 saturated carbocycles. The first-order chi connectivity index (χ1) is 9.72. The maximum Gasteiger partial charge on any atom is 0.168 e. The average Bonchev–Trinajstić information content (AvgIpc) is 2.47. The van der Waals surface area contributed by atoms with Crippen molar-refractivity contribution in [2.75, 3.05) is 0 Å². The van der Waals surface area contributed by atoms with Gasteiger partial charge in [0.05, 0.1) is 11.9 Å². The monoisotopic (exact) mass is 262 g/mol. The van der Waals surface area contributed by atoms with Crippen LogP contribution in [0.3, 0.4) is 0 Å². The van der Waals surface area contributed by atoms with Gasteiger partial charge in [0, 0.05) is 28.5 Å². The van der Waals surface area contributed by atoms with Gasteiger partial charge in [-0.2, -0.15) is 0 Å². The predicted octanol–water partition coefficient (Wildman–Crippen LogP) is 3.36. The van der Waals surface area contributed by atoms with Gasteiger partial charge in [-0.15, -0.1) is 0 Å². The number of rotatable bonds is 3. The van der Waals surface area contributed by atoms with Crippen molar-refractivity contribution in [3.63, 3.8) is 0 Å². The van der Waals surface area contributed by atoms with Crippen LogP contribution in [-0.2, 0) is 6.42 Å². The molecule has 0 fully saturated rings. The zero-order valence-corrected chi connectivity index (χ0v) is 11.2. The molecule has 1 aromatic carbocycles. The molecular formula is C17H14N2O. The van der Waals surface area contributed by atoms with E-state index < -0.39 is 0 Å². The van der Waals surface area contributed by atoms with Crippen LogP contribution in [0.1, 0.15) is 21.7 Å². The largest absolute Gasteiger partial charge is 0.294 e. The van der Waals surface area contributed by atoms with Gasteiger partial charge < -0.3 is 0 Å². The third kappa shape index (κ3) is 2.57. The number of benzene rings is 1. The summed E-state index contributed by atoms with van der Waals surface area (Å²) in [6.07, 6.45) is 1.98. The standard InChI is InChI=1S/C17H14N2O/c1-12-10-14(8-9-18-12)17(20)11-15-7-6-13-4-2-3-5-16(13)19-15/h2-10H,11H2,1H3. The number of hydrogen-bond acceptors (Lipinski definition) is 3. The van der Waals surface area contributed by atoms with Crippen LogP contribution in [0.2, 0.25) is 0 Å². The highest BCUT2D eigenvalue weighted by molar-refractivity contribution is 5.97. The Hall–Kier alpha value is -2.55. The van der Waals surface area contributed by atoms with Crippen LogP contribution in [0, 0.1) is 6.92 Å². The minimum absolute atomic E-state index is 0.0679. The molecule has 0 atom stereocenters. The molecule has 0 amide bonds. The number of hydrogen-bond donors (Lipinski definition) is 0. The number of carbonyl (C=O) groups is 1. The Morgan fingerprint density at radius 1 is 1.10 bits per heavy atom. The number of aryl methyl sites for hydroxylation is 1. The number of fused-ring (bicyclic) bond motifs is 1. The van der Waals surface area contributed by atoms with Gasteiger partial charge >= 0.3 is 0 Å². The summed E-state index contributed by atoms with van der Waals surface area (Å²) < 4.78 is 0. The van der Waals surface area contributed by atoms with Gasteiger partial charge in [-0.05, 0) is 31.2 Å². The Bertz CT molecular complexity index is 781. The van der Waals surface area contributed by atoms with Crippen LogP contribution in [-0.4, -0.2) is 15.8 Å². The summed E-state index contributed by atoms with van der Waals surface area (Å²) in [7, 11) is 0. The molecule has 3 nitrogen and oxygen atoms in total. The molecule has 3 aromatic rings. The SMILES string of the molecule is Cc1cc(C(=O)Cc2ccc3ccccc3n2)ccn1. The first kappa shape index (κ1) is 12.5. The van der Waals surface area contributed by atoms with Crippen molar-refractivity contribution in [1.29, 1.82) is 0 Å². The molecule has 3 rings (SSSR count). The summed E-state index contributed by atoms with van der Waals surface area (Å²) in [5, 5.41) is 1.09. The van der Waals surface area contributed by atoms with E-state index in [0.29, 0.717) is 12.0 Å². The Morgan fingerprint density at radius 3 is 2.80 bits per heavy atom. The van der Waals surface area contributed by atoms with Gasteiger partial charge in [0.1, 0.15) is 0 Å². The van der Waals surface area contributed by atoms with E-state index in [4.69, 9.17) is 0 Å². The Balaban J connectivity index is 1.87. The maximum atomic E-state index is 12.2. The highest BCUT2D eigenvalue weighted by atomic mass is 16.1. The van der Waals surface area contributed by atoms with Crippen molar-refractivity contribution >= 4 is 16.7 Å². The lowest BCUT2D eigenvalue weighted by Gasteiger charge is -2.03.